The van der Waals surface area contributed by atoms with Gasteiger partial charge in [-0.2, -0.15) is 0 Å². The Hall–Kier alpha value is -0.180. The van der Waals surface area contributed by atoms with E-state index in [-0.39, 0.29) is 0 Å². The summed E-state index contributed by atoms with van der Waals surface area (Å²) >= 11 is 1.99. The van der Waals surface area contributed by atoms with Gasteiger partial charge >= 0.3 is 0 Å². The van der Waals surface area contributed by atoms with E-state index in [0.29, 0.717) is 0 Å². The summed E-state index contributed by atoms with van der Waals surface area (Å²) in [5, 5.41) is 5.52. The number of amidine groups is 1. The maximum atomic E-state index is 4.56. The van der Waals surface area contributed by atoms with E-state index in [9.17, 15) is 0 Å². The van der Waals surface area contributed by atoms with Crippen LogP contribution in [0.3, 0.4) is 0 Å². The summed E-state index contributed by atoms with van der Waals surface area (Å²) in [7, 11) is 0. The number of rotatable bonds is 4. The third-order valence-electron chi connectivity index (χ3n) is 3.35. The predicted octanol–water partition coefficient (Wildman–Crippen LogP) is 2.26. The number of hydrogen-bond acceptors (Lipinski definition) is 3. The van der Waals surface area contributed by atoms with Crippen molar-refractivity contribution in [2.75, 3.05) is 13.1 Å². The molecule has 2 fully saturated rings. The van der Waals surface area contributed by atoms with Crippen molar-refractivity contribution in [3.8, 4) is 0 Å². The van der Waals surface area contributed by atoms with Crippen molar-refractivity contribution in [1.29, 1.82) is 0 Å². The molecule has 14 heavy (non-hydrogen) atoms. The summed E-state index contributed by atoms with van der Waals surface area (Å²) in [6, 6.07) is 0. The summed E-state index contributed by atoms with van der Waals surface area (Å²) in [5.41, 5.74) is 0. The summed E-state index contributed by atoms with van der Waals surface area (Å²) in [6.45, 7) is 2.22. The van der Waals surface area contributed by atoms with E-state index in [1.807, 2.05) is 11.8 Å². The van der Waals surface area contributed by atoms with Crippen LogP contribution in [0.4, 0.5) is 0 Å². The molecule has 3 rings (SSSR count). The van der Waals surface area contributed by atoms with Crippen LogP contribution in [0.1, 0.15) is 32.1 Å². The number of thioether (sulfide) groups is 1. The summed E-state index contributed by atoms with van der Waals surface area (Å²) < 4.78 is 0. The minimum Gasteiger partial charge on any atom is -0.365 e. The van der Waals surface area contributed by atoms with E-state index in [1.165, 1.54) is 37.3 Å². The molecule has 0 radical (unpaired) electrons. The van der Waals surface area contributed by atoms with Crippen LogP contribution in [0.2, 0.25) is 0 Å². The van der Waals surface area contributed by atoms with Gasteiger partial charge in [0.05, 0.1) is 6.54 Å². The average molecular weight is 210 g/mol. The van der Waals surface area contributed by atoms with Crippen molar-refractivity contribution >= 4 is 16.9 Å². The van der Waals surface area contributed by atoms with Crippen LogP contribution < -0.4 is 5.32 Å². The van der Waals surface area contributed by atoms with E-state index in [1.54, 1.807) is 0 Å². The Morgan fingerprint density at radius 2 is 2.14 bits per heavy atom. The minimum absolute atomic E-state index is 0.818. The Kier molecular flexibility index (Phi) is 2.44. The zero-order valence-corrected chi connectivity index (χ0v) is 9.35. The van der Waals surface area contributed by atoms with Gasteiger partial charge < -0.3 is 5.32 Å². The van der Waals surface area contributed by atoms with Crippen LogP contribution in [0.5, 0.6) is 0 Å². The van der Waals surface area contributed by atoms with Crippen LogP contribution in [0, 0.1) is 11.8 Å². The molecule has 1 atom stereocenters. The molecule has 1 aliphatic heterocycles. The predicted molar refractivity (Wildman–Crippen MR) is 61.7 cm³/mol. The SMILES string of the molecule is C(CC1CC1)NC1=NCC(C2CC2)S1. The van der Waals surface area contributed by atoms with E-state index in [2.05, 4.69) is 10.3 Å². The Bertz CT molecular complexity index is 244. The molecule has 3 aliphatic rings. The highest BCUT2D eigenvalue weighted by Gasteiger charge is 2.35. The van der Waals surface area contributed by atoms with Crippen LogP contribution in [0.25, 0.3) is 0 Å². The number of aliphatic imine (C=N–C) groups is 1. The van der Waals surface area contributed by atoms with E-state index < -0.39 is 0 Å². The monoisotopic (exact) mass is 210 g/mol. The molecular weight excluding hydrogens is 192 g/mol. The molecule has 3 heteroatoms. The fraction of sp³-hybridized carbons (Fsp3) is 0.909. The Labute approximate surface area is 89.9 Å². The van der Waals surface area contributed by atoms with Crippen molar-refractivity contribution < 1.29 is 0 Å². The highest BCUT2D eigenvalue weighted by atomic mass is 32.2. The van der Waals surface area contributed by atoms with E-state index >= 15 is 0 Å². The number of nitrogens with zero attached hydrogens (tertiary/aromatic N) is 1. The van der Waals surface area contributed by atoms with Gasteiger partial charge in [-0.25, -0.2) is 0 Å². The Balaban J connectivity index is 1.36. The zero-order valence-electron chi connectivity index (χ0n) is 8.54. The van der Waals surface area contributed by atoms with Crippen LogP contribution in [-0.2, 0) is 0 Å². The van der Waals surface area contributed by atoms with Gasteiger partial charge in [0.1, 0.15) is 0 Å². The molecule has 1 unspecified atom stereocenters. The molecule has 1 heterocycles. The third-order valence-corrected chi connectivity index (χ3v) is 4.68. The summed E-state index contributed by atoms with van der Waals surface area (Å²) in [6.07, 6.45) is 7.18. The Morgan fingerprint density at radius 3 is 2.86 bits per heavy atom. The fourth-order valence-electron chi connectivity index (χ4n) is 1.99. The van der Waals surface area contributed by atoms with Gasteiger partial charge in [-0.1, -0.05) is 24.6 Å². The second-order valence-electron chi connectivity index (χ2n) is 4.80. The van der Waals surface area contributed by atoms with Gasteiger partial charge in [0.15, 0.2) is 5.17 Å². The van der Waals surface area contributed by atoms with Crippen molar-refractivity contribution in [3.63, 3.8) is 0 Å². The first kappa shape index (κ1) is 9.08. The molecule has 0 aromatic heterocycles. The topological polar surface area (TPSA) is 24.4 Å². The van der Waals surface area contributed by atoms with Gasteiger partial charge in [0, 0.05) is 11.8 Å². The maximum absolute atomic E-state index is 4.56. The minimum atomic E-state index is 0.818. The Morgan fingerprint density at radius 1 is 1.29 bits per heavy atom. The smallest absolute Gasteiger partial charge is 0.156 e. The summed E-state index contributed by atoms with van der Waals surface area (Å²) in [5.74, 6) is 2.03. The first-order chi connectivity index (χ1) is 6.92. The van der Waals surface area contributed by atoms with Crippen molar-refractivity contribution in [2.24, 2.45) is 16.8 Å². The standard InChI is InChI=1S/C11H18N2S/c1-2-8(1)5-6-12-11-13-7-10(14-11)9-3-4-9/h8-10H,1-7H2,(H,12,13). The van der Waals surface area contributed by atoms with Crippen LogP contribution >= 0.6 is 11.8 Å². The van der Waals surface area contributed by atoms with E-state index in [4.69, 9.17) is 0 Å². The van der Waals surface area contributed by atoms with Gasteiger partial charge in [-0.3, -0.25) is 4.99 Å². The van der Waals surface area contributed by atoms with Crippen molar-refractivity contribution in [1.82, 2.24) is 5.32 Å². The lowest BCUT2D eigenvalue weighted by Crippen LogP contribution is -2.21. The van der Waals surface area contributed by atoms with Crippen LogP contribution in [-0.4, -0.2) is 23.5 Å². The van der Waals surface area contributed by atoms with Gasteiger partial charge in [-0.15, -0.1) is 0 Å². The molecule has 0 amide bonds. The number of hydrogen-bond donors (Lipinski definition) is 1. The van der Waals surface area contributed by atoms with Crippen molar-refractivity contribution in [3.05, 3.63) is 0 Å². The highest BCUT2D eigenvalue weighted by molar-refractivity contribution is 8.14. The van der Waals surface area contributed by atoms with Crippen molar-refractivity contribution in [2.45, 2.75) is 37.4 Å². The lowest BCUT2D eigenvalue weighted by molar-refractivity contribution is 0.702. The molecule has 1 N–H and O–H groups in total. The molecule has 0 spiro atoms. The second-order valence-corrected chi connectivity index (χ2v) is 6.03. The van der Waals surface area contributed by atoms with Gasteiger partial charge in [0.25, 0.3) is 0 Å². The highest BCUT2D eigenvalue weighted by Crippen LogP contribution is 2.41. The molecule has 78 valence electrons. The number of nitrogens with one attached hydrogen (secondary N) is 1. The molecule has 0 bridgehead atoms. The van der Waals surface area contributed by atoms with Gasteiger partial charge in [-0.05, 0) is 31.1 Å². The average Bonchev–Trinajstić information content (AvgIpc) is 3.07. The fourth-order valence-corrected chi connectivity index (χ4v) is 3.23. The van der Waals surface area contributed by atoms with Crippen LogP contribution in [0.15, 0.2) is 4.99 Å². The maximum Gasteiger partial charge on any atom is 0.156 e. The first-order valence-corrected chi connectivity index (χ1v) is 6.75. The quantitative estimate of drug-likeness (QED) is 0.769. The largest absolute Gasteiger partial charge is 0.365 e. The molecule has 2 saturated carbocycles. The molecule has 0 aromatic carbocycles. The molecule has 0 saturated heterocycles. The molecular formula is C11H18N2S. The first-order valence-electron chi connectivity index (χ1n) is 5.87. The lowest BCUT2D eigenvalue weighted by Gasteiger charge is -2.07. The molecule has 0 aromatic rings. The lowest BCUT2D eigenvalue weighted by atomic mass is 10.3. The third kappa shape index (κ3) is 2.25. The normalized spacial score (nSPS) is 31.7. The van der Waals surface area contributed by atoms with E-state index in [0.717, 1.165) is 30.2 Å². The molecule has 2 nitrogen and oxygen atoms in total. The summed E-state index contributed by atoms with van der Waals surface area (Å²) in [4.78, 5) is 4.56. The molecule has 2 aliphatic carbocycles. The second kappa shape index (κ2) is 3.76. The van der Waals surface area contributed by atoms with Gasteiger partial charge in [0.2, 0.25) is 0 Å². The zero-order chi connectivity index (χ0) is 9.38.